The maximum atomic E-state index is 13.0. The average Bonchev–Trinajstić information content (AvgIpc) is 2.53. The summed E-state index contributed by atoms with van der Waals surface area (Å²) < 4.78 is 56.9. The molecule has 0 unspecified atom stereocenters. The predicted molar refractivity (Wildman–Crippen MR) is 90.4 cm³/mol. The Morgan fingerprint density at radius 3 is 2.50 bits per heavy atom. The summed E-state index contributed by atoms with van der Waals surface area (Å²) >= 11 is 0. The number of hydrogen-bond donors (Lipinski definition) is 1. The van der Waals surface area contributed by atoms with Gasteiger partial charge in [0, 0.05) is 12.6 Å². The van der Waals surface area contributed by atoms with Gasteiger partial charge >= 0.3 is 6.61 Å². The highest BCUT2D eigenvalue weighted by Crippen LogP contribution is 2.30. The first-order valence-corrected chi connectivity index (χ1v) is 9.17. The van der Waals surface area contributed by atoms with E-state index in [0.717, 1.165) is 13.1 Å². The monoisotopic (exact) mass is 384 g/mol. The van der Waals surface area contributed by atoms with Crippen LogP contribution >= 0.6 is 12.4 Å². The molecule has 1 heterocycles. The summed E-state index contributed by atoms with van der Waals surface area (Å²) in [5.74, 6) is -0.308. The number of hydrogen-bond acceptors (Lipinski definition) is 4. The fraction of sp³-hybridized carbons (Fsp3) is 0.600. The van der Waals surface area contributed by atoms with Crippen LogP contribution in [0, 0.1) is 0 Å². The molecule has 1 aliphatic rings. The van der Waals surface area contributed by atoms with E-state index in [9.17, 15) is 17.2 Å². The number of rotatable bonds is 7. The molecule has 1 aromatic rings. The quantitative estimate of drug-likeness (QED) is 0.785. The molecule has 24 heavy (non-hydrogen) atoms. The number of ether oxygens (including phenoxy) is 1. The van der Waals surface area contributed by atoms with Crippen LogP contribution in [0.15, 0.2) is 29.2 Å². The second kappa shape index (κ2) is 9.50. The molecule has 5 nitrogen and oxygen atoms in total. The van der Waals surface area contributed by atoms with Crippen LogP contribution in [-0.2, 0) is 10.0 Å². The number of benzene rings is 1. The van der Waals surface area contributed by atoms with E-state index in [1.807, 2.05) is 6.92 Å². The maximum absolute atomic E-state index is 13.0. The summed E-state index contributed by atoms with van der Waals surface area (Å²) in [5.41, 5.74) is 0. The van der Waals surface area contributed by atoms with Crippen molar-refractivity contribution in [2.45, 2.75) is 43.7 Å². The first kappa shape index (κ1) is 21.1. The molecule has 0 saturated carbocycles. The summed E-state index contributed by atoms with van der Waals surface area (Å²) in [7, 11) is -3.89. The third-order valence-electron chi connectivity index (χ3n) is 3.81. The number of piperidine rings is 1. The Kier molecular flexibility index (Phi) is 8.35. The molecule has 0 atom stereocenters. The molecule has 0 radical (unpaired) electrons. The van der Waals surface area contributed by atoms with Gasteiger partial charge in [-0.2, -0.15) is 13.1 Å². The van der Waals surface area contributed by atoms with Gasteiger partial charge in [-0.15, -0.1) is 12.4 Å². The molecular formula is C15H23ClF2N2O3S. The van der Waals surface area contributed by atoms with Gasteiger partial charge in [-0.1, -0.05) is 19.1 Å². The Hall–Kier alpha value is -0.960. The Labute approximate surface area is 147 Å². The van der Waals surface area contributed by atoms with Gasteiger partial charge in [-0.05, 0) is 44.5 Å². The standard InChI is InChI=1S/C15H22F2N2O3S.ClH/c1-2-11-19(12-7-9-18-10-8-12)23(20,21)14-6-4-3-5-13(14)22-15(16)17;/h3-6,12,15,18H,2,7-11H2,1H3;1H. The van der Waals surface area contributed by atoms with E-state index in [1.54, 1.807) is 0 Å². The maximum Gasteiger partial charge on any atom is 0.387 e. The van der Waals surface area contributed by atoms with Crippen molar-refractivity contribution in [3.8, 4) is 5.75 Å². The summed E-state index contributed by atoms with van der Waals surface area (Å²) in [6.45, 7) is 0.677. The van der Waals surface area contributed by atoms with E-state index in [0.29, 0.717) is 25.8 Å². The Bertz CT molecular complexity index is 610. The molecule has 0 bridgehead atoms. The Morgan fingerprint density at radius 2 is 1.92 bits per heavy atom. The lowest BCUT2D eigenvalue weighted by Crippen LogP contribution is -2.46. The summed E-state index contributed by atoms with van der Waals surface area (Å²) in [6.07, 6.45) is 2.06. The summed E-state index contributed by atoms with van der Waals surface area (Å²) in [5, 5.41) is 3.20. The lowest BCUT2D eigenvalue weighted by Gasteiger charge is -2.33. The van der Waals surface area contributed by atoms with Crippen molar-refractivity contribution in [2.24, 2.45) is 0 Å². The molecule has 138 valence electrons. The molecule has 1 saturated heterocycles. The van der Waals surface area contributed by atoms with Gasteiger partial charge in [0.05, 0.1) is 0 Å². The predicted octanol–water partition coefficient (Wildman–Crippen LogP) is 2.86. The minimum Gasteiger partial charge on any atom is -0.433 e. The molecule has 0 spiro atoms. The van der Waals surface area contributed by atoms with Gasteiger partial charge < -0.3 is 10.1 Å². The summed E-state index contributed by atoms with van der Waals surface area (Å²) in [6, 6.07) is 5.44. The van der Waals surface area contributed by atoms with E-state index < -0.39 is 16.6 Å². The Morgan fingerprint density at radius 1 is 1.29 bits per heavy atom. The van der Waals surface area contributed by atoms with E-state index >= 15 is 0 Å². The molecular weight excluding hydrogens is 362 g/mol. The Balaban J connectivity index is 0.00000288. The number of sulfonamides is 1. The van der Waals surface area contributed by atoms with Gasteiger partial charge in [-0.25, -0.2) is 8.42 Å². The van der Waals surface area contributed by atoms with Crippen LogP contribution in [0.4, 0.5) is 8.78 Å². The van der Waals surface area contributed by atoms with Crippen molar-refractivity contribution in [1.82, 2.24) is 9.62 Å². The van der Waals surface area contributed by atoms with Crippen LogP contribution in [0.25, 0.3) is 0 Å². The lowest BCUT2D eigenvalue weighted by atomic mass is 10.1. The summed E-state index contributed by atoms with van der Waals surface area (Å²) in [4.78, 5) is -0.202. The number of alkyl halides is 2. The average molecular weight is 385 g/mol. The van der Waals surface area contributed by atoms with E-state index in [-0.39, 0.29) is 29.1 Å². The van der Waals surface area contributed by atoms with Crippen LogP contribution in [-0.4, -0.2) is 45.0 Å². The van der Waals surface area contributed by atoms with Crippen molar-refractivity contribution in [3.63, 3.8) is 0 Å². The molecule has 1 N–H and O–H groups in total. The van der Waals surface area contributed by atoms with E-state index in [4.69, 9.17) is 0 Å². The number of nitrogens with one attached hydrogen (secondary N) is 1. The third kappa shape index (κ3) is 5.02. The van der Waals surface area contributed by atoms with Crippen LogP contribution in [0.1, 0.15) is 26.2 Å². The normalized spacial score (nSPS) is 16.2. The SMILES string of the molecule is CCCN(C1CCNCC1)S(=O)(=O)c1ccccc1OC(F)F.Cl. The zero-order valence-electron chi connectivity index (χ0n) is 13.5. The topological polar surface area (TPSA) is 58.6 Å². The largest absolute Gasteiger partial charge is 0.433 e. The van der Waals surface area contributed by atoms with Gasteiger partial charge in [-0.3, -0.25) is 0 Å². The van der Waals surface area contributed by atoms with E-state index in [2.05, 4.69) is 10.1 Å². The highest BCUT2D eigenvalue weighted by molar-refractivity contribution is 7.89. The van der Waals surface area contributed by atoms with Crippen LogP contribution < -0.4 is 10.1 Å². The molecule has 9 heteroatoms. The minimum absolute atomic E-state index is 0. The smallest absolute Gasteiger partial charge is 0.387 e. The fourth-order valence-corrected chi connectivity index (χ4v) is 4.70. The van der Waals surface area contributed by atoms with Crippen LogP contribution in [0.2, 0.25) is 0 Å². The molecule has 0 amide bonds. The molecule has 1 aliphatic heterocycles. The van der Waals surface area contributed by atoms with Crippen molar-refractivity contribution < 1.29 is 21.9 Å². The van der Waals surface area contributed by atoms with Crippen molar-refractivity contribution in [2.75, 3.05) is 19.6 Å². The minimum atomic E-state index is -3.89. The molecule has 0 aliphatic carbocycles. The van der Waals surface area contributed by atoms with E-state index in [1.165, 1.54) is 28.6 Å². The first-order valence-electron chi connectivity index (χ1n) is 7.73. The number of para-hydroxylation sites is 1. The molecule has 1 fully saturated rings. The van der Waals surface area contributed by atoms with Crippen LogP contribution in [0.3, 0.4) is 0 Å². The lowest BCUT2D eigenvalue weighted by molar-refractivity contribution is -0.0518. The molecule has 1 aromatic carbocycles. The highest BCUT2D eigenvalue weighted by Gasteiger charge is 2.33. The van der Waals surface area contributed by atoms with Crippen molar-refractivity contribution >= 4 is 22.4 Å². The molecule has 2 rings (SSSR count). The number of nitrogens with zero attached hydrogens (tertiary/aromatic N) is 1. The van der Waals surface area contributed by atoms with Crippen molar-refractivity contribution in [3.05, 3.63) is 24.3 Å². The first-order chi connectivity index (χ1) is 11.0. The third-order valence-corrected chi connectivity index (χ3v) is 5.80. The second-order valence-electron chi connectivity index (χ2n) is 5.42. The number of halogens is 3. The highest BCUT2D eigenvalue weighted by atomic mass is 35.5. The van der Waals surface area contributed by atoms with Gasteiger partial charge in [0.25, 0.3) is 0 Å². The van der Waals surface area contributed by atoms with Gasteiger partial charge in [0.2, 0.25) is 10.0 Å². The second-order valence-corrected chi connectivity index (χ2v) is 7.28. The fourth-order valence-electron chi connectivity index (χ4n) is 2.80. The molecule has 0 aromatic heterocycles. The van der Waals surface area contributed by atoms with Crippen molar-refractivity contribution in [1.29, 1.82) is 0 Å². The van der Waals surface area contributed by atoms with Gasteiger partial charge in [0.1, 0.15) is 10.6 Å². The zero-order chi connectivity index (χ0) is 16.9. The zero-order valence-corrected chi connectivity index (χ0v) is 15.1. The van der Waals surface area contributed by atoms with Gasteiger partial charge in [0.15, 0.2) is 0 Å². The van der Waals surface area contributed by atoms with Crippen LogP contribution in [0.5, 0.6) is 5.75 Å².